The van der Waals surface area contributed by atoms with E-state index in [9.17, 15) is 8.78 Å². The van der Waals surface area contributed by atoms with E-state index in [1.807, 2.05) is 0 Å². The van der Waals surface area contributed by atoms with Crippen LogP contribution in [-0.4, -0.2) is 11.6 Å². The Morgan fingerprint density at radius 2 is 2.25 bits per heavy atom. The molecule has 0 bridgehead atoms. The van der Waals surface area contributed by atoms with E-state index in [1.54, 1.807) is 6.92 Å². The maximum atomic E-state index is 11.7. The van der Waals surface area contributed by atoms with Gasteiger partial charge in [0.1, 0.15) is 5.75 Å². The lowest BCUT2D eigenvalue weighted by Crippen LogP contribution is -2.03. The third-order valence-electron chi connectivity index (χ3n) is 1.22. The molecule has 0 aliphatic rings. The molecule has 1 rings (SSSR count). The van der Waals surface area contributed by atoms with Gasteiger partial charge in [-0.1, -0.05) is 11.6 Å². The maximum absolute atomic E-state index is 11.7. The second-order valence-corrected chi connectivity index (χ2v) is 2.55. The average molecular weight is 194 g/mol. The highest BCUT2D eigenvalue weighted by Crippen LogP contribution is 2.21. The molecule has 66 valence electrons. The smallest absolute Gasteiger partial charge is 0.387 e. The highest BCUT2D eigenvalue weighted by Gasteiger charge is 2.07. The van der Waals surface area contributed by atoms with Gasteiger partial charge >= 0.3 is 6.61 Å². The van der Waals surface area contributed by atoms with Gasteiger partial charge in [0.25, 0.3) is 0 Å². The van der Waals surface area contributed by atoms with Crippen molar-refractivity contribution in [3.63, 3.8) is 0 Å². The first-order valence-electron chi connectivity index (χ1n) is 3.16. The Morgan fingerprint density at radius 3 is 2.83 bits per heavy atom. The minimum atomic E-state index is -2.84. The van der Waals surface area contributed by atoms with Gasteiger partial charge < -0.3 is 4.74 Å². The zero-order valence-electron chi connectivity index (χ0n) is 6.22. The molecule has 0 aliphatic heterocycles. The van der Waals surface area contributed by atoms with Crippen molar-refractivity contribution < 1.29 is 13.5 Å². The SMILES string of the molecule is Cc1ncc(Cl)cc1OC(F)F. The van der Waals surface area contributed by atoms with Crippen molar-refractivity contribution in [2.24, 2.45) is 0 Å². The zero-order chi connectivity index (χ0) is 9.14. The van der Waals surface area contributed by atoms with Gasteiger partial charge in [-0.05, 0) is 6.92 Å². The lowest BCUT2D eigenvalue weighted by molar-refractivity contribution is -0.0505. The summed E-state index contributed by atoms with van der Waals surface area (Å²) in [5.74, 6) is 0.0116. The molecule has 5 heteroatoms. The fraction of sp³-hybridized carbons (Fsp3) is 0.286. The second kappa shape index (κ2) is 3.67. The number of hydrogen-bond acceptors (Lipinski definition) is 2. The summed E-state index contributed by atoms with van der Waals surface area (Å²) in [5.41, 5.74) is 0.389. The van der Waals surface area contributed by atoms with E-state index in [0.29, 0.717) is 5.69 Å². The quantitative estimate of drug-likeness (QED) is 0.721. The summed E-state index contributed by atoms with van der Waals surface area (Å²) in [6.45, 7) is -1.28. The fourth-order valence-electron chi connectivity index (χ4n) is 0.704. The van der Waals surface area contributed by atoms with E-state index >= 15 is 0 Å². The Hall–Kier alpha value is -0.900. The van der Waals surface area contributed by atoms with E-state index in [0.717, 1.165) is 0 Å². The van der Waals surface area contributed by atoms with Crippen LogP contribution in [0.2, 0.25) is 5.02 Å². The van der Waals surface area contributed by atoms with Crippen molar-refractivity contribution in [3.05, 3.63) is 23.0 Å². The third-order valence-corrected chi connectivity index (χ3v) is 1.43. The predicted octanol–water partition coefficient (Wildman–Crippen LogP) is 2.64. The molecule has 0 radical (unpaired) electrons. The first-order valence-corrected chi connectivity index (χ1v) is 3.54. The molecule has 0 atom stereocenters. The topological polar surface area (TPSA) is 22.1 Å². The van der Waals surface area contributed by atoms with Gasteiger partial charge in [0.2, 0.25) is 0 Å². The molecule has 0 saturated carbocycles. The molecule has 0 fully saturated rings. The van der Waals surface area contributed by atoms with Crippen LogP contribution in [0, 0.1) is 6.92 Å². The molecule has 0 aromatic carbocycles. The van der Waals surface area contributed by atoms with E-state index < -0.39 is 6.61 Å². The summed E-state index contributed by atoms with van der Waals surface area (Å²) in [5, 5.41) is 0.274. The fourth-order valence-corrected chi connectivity index (χ4v) is 0.852. The molecular formula is C7H6ClF2NO. The molecule has 12 heavy (non-hydrogen) atoms. The lowest BCUT2D eigenvalue weighted by Gasteiger charge is -2.06. The second-order valence-electron chi connectivity index (χ2n) is 2.12. The van der Waals surface area contributed by atoms with Gasteiger partial charge in [-0.25, -0.2) is 0 Å². The number of aryl methyl sites for hydroxylation is 1. The van der Waals surface area contributed by atoms with Crippen LogP contribution in [0.5, 0.6) is 5.75 Å². The van der Waals surface area contributed by atoms with Gasteiger partial charge in [-0.3, -0.25) is 4.98 Å². The highest BCUT2D eigenvalue weighted by molar-refractivity contribution is 6.30. The standard InChI is InChI=1S/C7H6ClF2NO/c1-4-6(12-7(9)10)2-5(8)3-11-4/h2-3,7H,1H3. The first-order chi connectivity index (χ1) is 5.59. The Bertz CT molecular complexity index is 280. The van der Waals surface area contributed by atoms with E-state index in [2.05, 4.69) is 9.72 Å². The number of ether oxygens (including phenoxy) is 1. The lowest BCUT2D eigenvalue weighted by atomic mass is 10.3. The molecule has 2 nitrogen and oxygen atoms in total. The van der Waals surface area contributed by atoms with Crippen molar-refractivity contribution in [1.82, 2.24) is 4.98 Å². The Morgan fingerprint density at radius 1 is 1.58 bits per heavy atom. The number of halogens is 3. The van der Waals surface area contributed by atoms with Crippen molar-refractivity contribution >= 4 is 11.6 Å². The molecule has 0 saturated heterocycles. The van der Waals surface area contributed by atoms with Crippen LogP contribution in [0.25, 0.3) is 0 Å². The van der Waals surface area contributed by atoms with Crippen LogP contribution in [-0.2, 0) is 0 Å². The van der Waals surface area contributed by atoms with E-state index in [4.69, 9.17) is 11.6 Å². The first kappa shape index (κ1) is 9.19. The maximum Gasteiger partial charge on any atom is 0.387 e. The van der Waals surface area contributed by atoms with E-state index in [1.165, 1.54) is 12.3 Å². The number of hydrogen-bond donors (Lipinski definition) is 0. The summed E-state index contributed by atoms with van der Waals surface area (Å²) >= 11 is 5.51. The summed E-state index contributed by atoms with van der Waals surface area (Å²) in [7, 11) is 0. The van der Waals surface area contributed by atoms with Crippen LogP contribution in [0.3, 0.4) is 0 Å². The predicted molar refractivity (Wildman–Crippen MR) is 40.6 cm³/mol. The van der Waals surface area contributed by atoms with Gasteiger partial charge in [0, 0.05) is 12.3 Å². The van der Waals surface area contributed by atoms with Crippen molar-refractivity contribution in [2.75, 3.05) is 0 Å². The number of rotatable bonds is 2. The number of nitrogens with zero attached hydrogens (tertiary/aromatic N) is 1. The minimum absolute atomic E-state index is 0.0116. The largest absolute Gasteiger partial charge is 0.433 e. The molecule has 0 amide bonds. The van der Waals surface area contributed by atoms with Crippen molar-refractivity contribution in [2.45, 2.75) is 13.5 Å². The monoisotopic (exact) mass is 193 g/mol. The van der Waals surface area contributed by atoms with Gasteiger partial charge in [-0.15, -0.1) is 0 Å². The third kappa shape index (κ3) is 2.30. The van der Waals surface area contributed by atoms with Crippen molar-refractivity contribution in [1.29, 1.82) is 0 Å². The molecule has 0 aliphatic carbocycles. The normalized spacial score (nSPS) is 10.4. The number of alkyl halides is 2. The minimum Gasteiger partial charge on any atom is -0.433 e. The Kier molecular flexibility index (Phi) is 2.81. The number of pyridine rings is 1. The van der Waals surface area contributed by atoms with Crippen LogP contribution < -0.4 is 4.74 Å². The zero-order valence-corrected chi connectivity index (χ0v) is 6.98. The van der Waals surface area contributed by atoms with Gasteiger partial charge in [0.05, 0.1) is 10.7 Å². The van der Waals surface area contributed by atoms with Gasteiger partial charge in [-0.2, -0.15) is 8.78 Å². The average Bonchev–Trinajstić information content (AvgIpc) is 1.96. The highest BCUT2D eigenvalue weighted by atomic mass is 35.5. The molecule has 1 aromatic rings. The molecular weight excluding hydrogens is 188 g/mol. The van der Waals surface area contributed by atoms with Crippen LogP contribution in [0.4, 0.5) is 8.78 Å². The molecule has 1 heterocycles. The molecule has 0 spiro atoms. The molecule has 1 aromatic heterocycles. The number of aromatic nitrogens is 1. The summed E-state index contributed by atoms with van der Waals surface area (Å²) in [6, 6.07) is 1.30. The van der Waals surface area contributed by atoms with Crippen LogP contribution >= 0.6 is 11.6 Å². The molecule has 0 N–H and O–H groups in total. The molecule has 0 unspecified atom stereocenters. The van der Waals surface area contributed by atoms with Crippen molar-refractivity contribution in [3.8, 4) is 5.75 Å². The summed E-state index contributed by atoms with van der Waals surface area (Å²) in [4.78, 5) is 3.74. The summed E-state index contributed by atoms with van der Waals surface area (Å²) < 4.78 is 27.6. The van der Waals surface area contributed by atoms with E-state index in [-0.39, 0.29) is 10.8 Å². The summed E-state index contributed by atoms with van der Waals surface area (Å²) in [6.07, 6.45) is 1.37. The van der Waals surface area contributed by atoms with Gasteiger partial charge in [0.15, 0.2) is 0 Å². The van der Waals surface area contributed by atoms with Crippen LogP contribution in [0.1, 0.15) is 5.69 Å². The van der Waals surface area contributed by atoms with Crippen LogP contribution in [0.15, 0.2) is 12.3 Å². The Balaban J connectivity index is 2.90. The Labute approximate surface area is 73.1 Å².